The Balaban J connectivity index is 2.23. The van der Waals surface area contributed by atoms with Gasteiger partial charge in [-0.3, -0.25) is 0 Å². The summed E-state index contributed by atoms with van der Waals surface area (Å²) < 4.78 is 0. The van der Waals surface area contributed by atoms with E-state index in [0.29, 0.717) is 15.2 Å². The van der Waals surface area contributed by atoms with Gasteiger partial charge in [0.05, 0.1) is 10.0 Å². The highest BCUT2D eigenvalue weighted by molar-refractivity contribution is 6.42. The van der Waals surface area contributed by atoms with Gasteiger partial charge in [0.2, 0.25) is 0 Å². The summed E-state index contributed by atoms with van der Waals surface area (Å²) in [6.45, 7) is 3.80. The molecule has 1 aromatic heterocycles. The van der Waals surface area contributed by atoms with Crippen LogP contribution in [0.5, 0.6) is 0 Å². The molecule has 1 saturated heterocycles. The topological polar surface area (TPSA) is 19.4 Å². The van der Waals surface area contributed by atoms with E-state index in [2.05, 4.69) is 21.8 Å². The number of piperazine rings is 1. The minimum absolute atomic E-state index is 0.306. The van der Waals surface area contributed by atoms with E-state index in [1.165, 1.54) is 0 Å². The Hall–Kier alpha value is -0.220. The molecule has 3 nitrogen and oxygen atoms in total. The lowest BCUT2D eigenvalue weighted by Gasteiger charge is -2.33. The molecule has 0 aliphatic carbocycles. The van der Waals surface area contributed by atoms with Crippen molar-refractivity contribution in [1.82, 2.24) is 9.88 Å². The van der Waals surface area contributed by atoms with Crippen LogP contribution in [0.15, 0.2) is 6.07 Å². The molecule has 0 spiro atoms. The van der Waals surface area contributed by atoms with Crippen LogP contribution in [0, 0.1) is 0 Å². The maximum atomic E-state index is 6.11. The molecule has 0 bridgehead atoms. The van der Waals surface area contributed by atoms with Crippen LogP contribution in [0.1, 0.15) is 0 Å². The van der Waals surface area contributed by atoms with Crippen LogP contribution >= 0.6 is 34.8 Å². The molecule has 0 saturated carbocycles. The first-order chi connectivity index (χ1) is 7.58. The maximum absolute atomic E-state index is 6.11. The van der Waals surface area contributed by atoms with Crippen molar-refractivity contribution in [3.05, 3.63) is 21.3 Å². The van der Waals surface area contributed by atoms with Gasteiger partial charge in [-0.25, -0.2) is 4.98 Å². The zero-order chi connectivity index (χ0) is 11.7. The molecule has 16 heavy (non-hydrogen) atoms. The normalized spacial score (nSPS) is 17.9. The van der Waals surface area contributed by atoms with Crippen LogP contribution in [0.3, 0.4) is 0 Å². The quantitative estimate of drug-likeness (QED) is 0.738. The number of halogens is 3. The Morgan fingerprint density at radius 1 is 1.06 bits per heavy atom. The van der Waals surface area contributed by atoms with E-state index in [9.17, 15) is 0 Å². The number of likely N-dealkylation sites (N-methyl/N-ethyl adjacent to an activating group) is 1. The first kappa shape index (κ1) is 12.2. The van der Waals surface area contributed by atoms with Gasteiger partial charge in [-0.2, -0.15) is 0 Å². The highest BCUT2D eigenvalue weighted by atomic mass is 35.5. The lowest BCUT2D eigenvalue weighted by atomic mass is 10.3. The van der Waals surface area contributed by atoms with Crippen molar-refractivity contribution in [3.8, 4) is 0 Å². The fourth-order valence-electron chi connectivity index (χ4n) is 1.68. The second-order valence-electron chi connectivity index (χ2n) is 3.86. The van der Waals surface area contributed by atoms with Crippen LogP contribution in [-0.4, -0.2) is 43.1 Å². The van der Waals surface area contributed by atoms with Crippen molar-refractivity contribution in [2.24, 2.45) is 0 Å². The van der Waals surface area contributed by atoms with Gasteiger partial charge in [-0.15, -0.1) is 0 Å². The molecule has 88 valence electrons. The van der Waals surface area contributed by atoms with Crippen LogP contribution < -0.4 is 4.90 Å². The van der Waals surface area contributed by atoms with E-state index < -0.39 is 0 Å². The summed E-state index contributed by atoms with van der Waals surface area (Å²) in [5.41, 5.74) is 0. The molecule has 2 rings (SSSR count). The first-order valence-corrected chi connectivity index (χ1v) is 6.16. The summed E-state index contributed by atoms with van der Waals surface area (Å²) in [5, 5.41) is 1.25. The highest BCUT2D eigenvalue weighted by Gasteiger charge is 2.19. The molecule has 6 heteroatoms. The van der Waals surface area contributed by atoms with Crippen LogP contribution in [0.25, 0.3) is 0 Å². The SMILES string of the molecule is CN1CCN(c2nc(Cl)c(Cl)cc2Cl)CC1. The second-order valence-corrected chi connectivity index (χ2v) is 5.03. The Labute approximate surface area is 110 Å². The Kier molecular flexibility index (Phi) is 3.80. The van der Waals surface area contributed by atoms with E-state index in [-0.39, 0.29) is 0 Å². The molecule has 0 unspecified atom stereocenters. The number of aromatic nitrogens is 1. The van der Waals surface area contributed by atoms with Crippen molar-refractivity contribution >= 4 is 40.6 Å². The number of hydrogen-bond acceptors (Lipinski definition) is 3. The third kappa shape index (κ3) is 2.54. The average Bonchev–Trinajstić information content (AvgIpc) is 2.25. The summed E-state index contributed by atoms with van der Waals surface area (Å²) in [7, 11) is 2.10. The van der Waals surface area contributed by atoms with Crippen molar-refractivity contribution in [2.45, 2.75) is 0 Å². The standard InChI is InChI=1S/C10H12Cl3N3/c1-15-2-4-16(5-3-15)10-8(12)6-7(11)9(13)14-10/h6H,2-5H2,1H3. The third-order valence-electron chi connectivity index (χ3n) is 2.67. The molecule has 1 fully saturated rings. The molecule has 2 heterocycles. The largest absolute Gasteiger partial charge is 0.353 e. The van der Waals surface area contributed by atoms with Crippen LogP contribution in [0.4, 0.5) is 5.82 Å². The fourth-order valence-corrected chi connectivity index (χ4v) is 2.29. The van der Waals surface area contributed by atoms with Crippen molar-refractivity contribution in [2.75, 3.05) is 38.1 Å². The van der Waals surface area contributed by atoms with Crippen molar-refractivity contribution in [1.29, 1.82) is 0 Å². The smallest absolute Gasteiger partial charge is 0.150 e. The predicted octanol–water partition coefficient (Wildman–Crippen LogP) is 2.79. The van der Waals surface area contributed by atoms with Crippen LogP contribution in [-0.2, 0) is 0 Å². The monoisotopic (exact) mass is 279 g/mol. The van der Waals surface area contributed by atoms with Gasteiger partial charge in [-0.1, -0.05) is 34.8 Å². The van der Waals surface area contributed by atoms with Crippen molar-refractivity contribution < 1.29 is 0 Å². The lowest BCUT2D eigenvalue weighted by Crippen LogP contribution is -2.44. The third-order valence-corrected chi connectivity index (χ3v) is 3.62. The van der Waals surface area contributed by atoms with Crippen LogP contribution in [0.2, 0.25) is 15.2 Å². The van der Waals surface area contributed by atoms with Gasteiger partial charge >= 0.3 is 0 Å². The Bertz CT molecular complexity index is 389. The van der Waals surface area contributed by atoms with Gasteiger partial charge in [0, 0.05) is 26.2 Å². The molecule has 0 radical (unpaired) electrons. The number of rotatable bonds is 1. The predicted molar refractivity (Wildman–Crippen MR) is 69.0 cm³/mol. The number of anilines is 1. The van der Waals surface area contributed by atoms with E-state index in [0.717, 1.165) is 32.0 Å². The Morgan fingerprint density at radius 3 is 2.31 bits per heavy atom. The van der Waals surface area contributed by atoms with E-state index in [1.807, 2.05) is 0 Å². The minimum atomic E-state index is 0.306. The summed E-state index contributed by atoms with van der Waals surface area (Å²) in [6, 6.07) is 1.64. The lowest BCUT2D eigenvalue weighted by molar-refractivity contribution is 0.312. The van der Waals surface area contributed by atoms with E-state index in [1.54, 1.807) is 6.07 Å². The summed E-state index contributed by atoms with van der Waals surface area (Å²) in [5.74, 6) is 0.726. The first-order valence-electron chi connectivity index (χ1n) is 5.03. The maximum Gasteiger partial charge on any atom is 0.150 e. The van der Waals surface area contributed by atoms with Gasteiger partial charge in [0.1, 0.15) is 11.0 Å². The summed E-state index contributed by atoms with van der Waals surface area (Å²) >= 11 is 17.8. The fraction of sp³-hybridized carbons (Fsp3) is 0.500. The molecule has 0 N–H and O–H groups in total. The summed E-state index contributed by atoms with van der Waals surface area (Å²) in [4.78, 5) is 8.63. The number of hydrogen-bond donors (Lipinski definition) is 0. The molecular formula is C10H12Cl3N3. The minimum Gasteiger partial charge on any atom is -0.353 e. The van der Waals surface area contributed by atoms with E-state index in [4.69, 9.17) is 34.8 Å². The van der Waals surface area contributed by atoms with Gasteiger partial charge in [0.25, 0.3) is 0 Å². The van der Waals surface area contributed by atoms with Gasteiger partial charge in [-0.05, 0) is 13.1 Å². The van der Waals surface area contributed by atoms with Crippen molar-refractivity contribution in [3.63, 3.8) is 0 Å². The highest BCUT2D eigenvalue weighted by Crippen LogP contribution is 2.31. The molecule has 1 aromatic rings. The summed E-state index contributed by atoms with van der Waals surface area (Å²) in [6.07, 6.45) is 0. The molecule has 0 amide bonds. The van der Waals surface area contributed by atoms with Gasteiger partial charge < -0.3 is 9.80 Å². The Morgan fingerprint density at radius 2 is 1.69 bits per heavy atom. The number of nitrogens with zero attached hydrogens (tertiary/aromatic N) is 3. The zero-order valence-electron chi connectivity index (χ0n) is 8.88. The molecule has 0 aromatic carbocycles. The second kappa shape index (κ2) is 4.96. The molecule has 1 aliphatic rings. The van der Waals surface area contributed by atoms with Gasteiger partial charge in [0.15, 0.2) is 0 Å². The average molecular weight is 281 g/mol. The van der Waals surface area contributed by atoms with E-state index >= 15 is 0 Å². The number of pyridine rings is 1. The molecule has 1 aliphatic heterocycles. The zero-order valence-corrected chi connectivity index (χ0v) is 11.1. The molecule has 0 atom stereocenters. The molecular weight excluding hydrogens is 268 g/mol.